The smallest absolute Gasteiger partial charge is 0.325 e. The molecule has 0 aromatic heterocycles. The van der Waals surface area contributed by atoms with Gasteiger partial charge in [-0.15, -0.1) is 0 Å². The zero-order chi connectivity index (χ0) is 15.2. The van der Waals surface area contributed by atoms with Crippen molar-refractivity contribution >= 4 is 5.97 Å². The molecule has 0 radical (unpaired) electrons. The zero-order valence-electron chi connectivity index (χ0n) is 13.2. The molecule has 2 unspecified atom stereocenters. The second-order valence-electron chi connectivity index (χ2n) is 6.13. The van der Waals surface area contributed by atoms with Gasteiger partial charge in [-0.25, -0.2) is 0 Å². The monoisotopic (exact) mass is 289 g/mol. The van der Waals surface area contributed by atoms with Crippen LogP contribution in [0.4, 0.5) is 0 Å². The van der Waals surface area contributed by atoms with E-state index in [1.807, 2.05) is 18.2 Å². The minimum atomic E-state index is -0.720. The lowest BCUT2D eigenvalue weighted by Gasteiger charge is -2.39. The van der Waals surface area contributed by atoms with E-state index in [2.05, 4.69) is 24.8 Å². The molecule has 3 nitrogen and oxygen atoms in total. The zero-order valence-corrected chi connectivity index (χ0v) is 13.2. The van der Waals surface area contributed by atoms with Crippen molar-refractivity contribution in [1.82, 2.24) is 4.90 Å². The molecule has 2 rings (SSSR count). The van der Waals surface area contributed by atoms with Crippen LogP contribution >= 0.6 is 0 Å². The van der Waals surface area contributed by atoms with Crippen molar-refractivity contribution in [3.8, 4) is 0 Å². The number of fused-ring (bicyclic) bond motifs is 1. The maximum absolute atomic E-state index is 11.8. The molecular weight excluding hydrogens is 262 g/mol. The number of aliphatic carboxylic acids is 1. The van der Waals surface area contributed by atoms with Crippen molar-refractivity contribution in [2.45, 2.75) is 64.5 Å². The van der Waals surface area contributed by atoms with E-state index >= 15 is 0 Å². The van der Waals surface area contributed by atoms with Crippen molar-refractivity contribution in [3.05, 3.63) is 35.4 Å². The Morgan fingerprint density at radius 1 is 1.33 bits per heavy atom. The predicted octanol–water partition coefficient (Wildman–Crippen LogP) is 4.03. The summed E-state index contributed by atoms with van der Waals surface area (Å²) in [5, 5.41) is 9.67. The molecule has 0 saturated carbocycles. The van der Waals surface area contributed by atoms with Crippen LogP contribution in [0, 0.1) is 0 Å². The molecule has 2 atom stereocenters. The number of carboxylic acids is 1. The SMILES string of the molecule is CCCCCCC(C)N1CCc2ccccc2C1C(=O)O. The molecule has 0 fully saturated rings. The van der Waals surface area contributed by atoms with E-state index < -0.39 is 12.0 Å². The van der Waals surface area contributed by atoms with Crippen LogP contribution in [0.15, 0.2) is 24.3 Å². The quantitative estimate of drug-likeness (QED) is 0.770. The first kappa shape index (κ1) is 16.0. The number of carbonyl (C=O) groups is 1. The van der Waals surface area contributed by atoms with E-state index in [9.17, 15) is 9.90 Å². The van der Waals surface area contributed by atoms with Crippen LogP contribution < -0.4 is 0 Å². The van der Waals surface area contributed by atoms with E-state index in [0.717, 1.165) is 24.9 Å². The van der Waals surface area contributed by atoms with Gasteiger partial charge >= 0.3 is 5.97 Å². The molecule has 1 N–H and O–H groups in total. The van der Waals surface area contributed by atoms with Gasteiger partial charge in [0.25, 0.3) is 0 Å². The molecule has 3 heteroatoms. The lowest BCUT2D eigenvalue weighted by atomic mass is 9.90. The maximum atomic E-state index is 11.8. The van der Waals surface area contributed by atoms with Crippen LogP contribution in [-0.2, 0) is 11.2 Å². The average Bonchev–Trinajstić information content (AvgIpc) is 2.50. The highest BCUT2D eigenvalue weighted by Gasteiger charge is 2.34. The third-order valence-electron chi connectivity index (χ3n) is 4.60. The minimum absolute atomic E-state index is 0.330. The van der Waals surface area contributed by atoms with Crippen LogP contribution in [0.5, 0.6) is 0 Å². The summed E-state index contributed by atoms with van der Waals surface area (Å²) in [5.74, 6) is -0.720. The first-order chi connectivity index (χ1) is 10.1. The molecular formula is C18H27NO2. The molecule has 1 aromatic carbocycles. The van der Waals surface area contributed by atoms with Crippen LogP contribution in [0.1, 0.15) is 63.1 Å². The number of hydrogen-bond acceptors (Lipinski definition) is 2. The standard InChI is InChI=1S/C18H27NO2/c1-3-4-5-6-9-14(2)19-13-12-15-10-7-8-11-16(15)17(19)18(20)21/h7-8,10-11,14,17H,3-6,9,12-13H2,1-2H3,(H,20,21). The normalized spacial score (nSPS) is 20.0. The second-order valence-corrected chi connectivity index (χ2v) is 6.13. The molecule has 0 spiro atoms. The van der Waals surface area contributed by atoms with Crippen molar-refractivity contribution in [2.75, 3.05) is 6.54 Å². The Morgan fingerprint density at radius 2 is 2.10 bits per heavy atom. The van der Waals surface area contributed by atoms with Gasteiger partial charge in [-0.05, 0) is 30.9 Å². The summed E-state index contributed by atoms with van der Waals surface area (Å²) in [6, 6.07) is 7.84. The first-order valence-corrected chi connectivity index (χ1v) is 8.21. The van der Waals surface area contributed by atoms with Crippen molar-refractivity contribution in [2.24, 2.45) is 0 Å². The van der Waals surface area contributed by atoms with Gasteiger partial charge in [0.2, 0.25) is 0 Å². The summed E-state index contributed by atoms with van der Waals surface area (Å²) in [6.07, 6.45) is 7.01. The lowest BCUT2D eigenvalue weighted by molar-refractivity contribution is -0.145. The molecule has 1 aromatic rings. The summed E-state index contributed by atoms with van der Waals surface area (Å²) in [4.78, 5) is 13.9. The number of benzene rings is 1. The number of carboxylic acid groups (broad SMARTS) is 1. The van der Waals surface area contributed by atoms with Gasteiger partial charge < -0.3 is 5.11 Å². The Bertz CT molecular complexity index is 472. The minimum Gasteiger partial charge on any atom is -0.480 e. The highest BCUT2D eigenvalue weighted by Crippen LogP contribution is 2.32. The molecule has 116 valence electrons. The van der Waals surface area contributed by atoms with Crippen LogP contribution in [0.3, 0.4) is 0 Å². The molecule has 1 heterocycles. The second kappa shape index (κ2) is 7.60. The van der Waals surface area contributed by atoms with Crippen molar-refractivity contribution in [3.63, 3.8) is 0 Å². The van der Waals surface area contributed by atoms with Gasteiger partial charge in [-0.2, -0.15) is 0 Å². The fourth-order valence-corrected chi connectivity index (χ4v) is 3.37. The predicted molar refractivity (Wildman–Crippen MR) is 85.4 cm³/mol. The number of rotatable bonds is 7. The highest BCUT2D eigenvalue weighted by molar-refractivity contribution is 5.76. The molecule has 0 bridgehead atoms. The third-order valence-corrected chi connectivity index (χ3v) is 4.60. The largest absolute Gasteiger partial charge is 0.480 e. The van der Waals surface area contributed by atoms with Crippen LogP contribution in [-0.4, -0.2) is 28.6 Å². The summed E-state index contributed by atoms with van der Waals surface area (Å²) in [5.41, 5.74) is 2.18. The molecule has 0 amide bonds. The summed E-state index contributed by atoms with van der Waals surface area (Å²) in [6.45, 7) is 5.24. The fraction of sp³-hybridized carbons (Fsp3) is 0.611. The number of nitrogens with zero attached hydrogens (tertiary/aromatic N) is 1. The third kappa shape index (κ3) is 3.85. The molecule has 0 aliphatic carbocycles. The van der Waals surface area contributed by atoms with Gasteiger partial charge in [0.15, 0.2) is 0 Å². The molecule has 1 aliphatic rings. The summed E-state index contributed by atoms with van der Waals surface area (Å²) >= 11 is 0. The molecule has 21 heavy (non-hydrogen) atoms. The van der Waals surface area contributed by atoms with Gasteiger partial charge in [0, 0.05) is 12.6 Å². The Kier molecular flexibility index (Phi) is 5.80. The van der Waals surface area contributed by atoms with E-state index in [0.29, 0.717) is 6.04 Å². The van der Waals surface area contributed by atoms with Gasteiger partial charge in [-0.1, -0.05) is 56.9 Å². The van der Waals surface area contributed by atoms with E-state index in [-0.39, 0.29) is 0 Å². The Hall–Kier alpha value is -1.35. The average molecular weight is 289 g/mol. The van der Waals surface area contributed by atoms with E-state index in [4.69, 9.17) is 0 Å². The number of hydrogen-bond donors (Lipinski definition) is 1. The van der Waals surface area contributed by atoms with Gasteiger partial charge in [0.1, 0.15) is 6.04 Å². The van der Waals surface area contributed by atoms with E-state index in [1.165, 1.54) is 31.2 Å². The summed E-state index contributed by atoms with van der Waals surface area (Å²) in [7, 11) is 0. The Morgan fingerprint density at radius 3 is 2.81 bits per heavy atom. The van der Waals surface area contributed by atoms with Crippen LogP contribution in [0.2, 0.25) is 0 Å². The fourth-order valence-electron chi connectivity index (χ4n) is 3.37. The number of unbranched alkanes of at least 4 members (excludes halogenated alkanes) is 3. The topological polar surface area (TPSA) is 40.5 Å². The summed E-state index contributed by atoms with van der Waals surface area (Å²) < 4.78 is 0. The van der Waals surface area contributed by atoms with Crippen molar-refractivity contribution in [1.29, 1.82) is 0 Å². The molecule has 0 saturated heterocycles. The maximum Gasteiger partial charge on any atom is 0.325 e. The Labute approximate surface area is 128 Å². The van der Waals surface area contributed by atoms with Crippen LogP contribution in [0.25, 0.3) is 0 Å². The lowest BCUT2D eigenvalue weighted by Crippen LogP contribution is -2.44. The van der Waals surface area contributed by atoms with Gasteiger partial charge in [0.05, 0.1) is 0 Å². The Balaban J connectivity index is 2.07. The molecule has 1 aliphatic heterocycles. The van der Waals surface area contributed by atoms with Gasteiger partial charge in [-0.3, -0.25) is 9.69 Å². The van der Waals surface area contributed by atoms with Crippen molar-refractivity contribution < 1.29 is 9.90 Å². The highest BCUT2D eigenvalue weighted by atomic mass is 16.4. The first-order valence-electron chi connectivity index (χ1n) is 8.21. The van der Waals surface area contributed by atoms with E-state index in [1.54, 1.807) is 0 Å².